The Hall–Kier alpha value is -3.14. The van der Waals surface area contributed by atoms with Gasteiger partial charge < -0.3 is 9.64 Å². The summed E-state index contributed by atoms with van der Waals surface area (Å²) in [4.78, 5) is 26.6. The van der Waals surface area contributed by atoms with Crippen LogP contribution in [0.3, 0.4) is 0 Å². The largest absolute Gasteiger partial charge is 0.454 e. The Balaban J connectivity index is 1.73. The van der Waals surface area contributed by atoms with E-state index >= 15 is 0 Å². The van der Waals surface area contributed by atoms with Gasteiger partial charge >= 0.3 is 5.97 Å². The average Bonchev–Trinajstić information content (AvgIpc) is 2.65. The predicted molar refractivity (Wildman–Crippen MR) is 99.3 cm³/mol. The van der Waals surface area contributed by atoms with Gasteiger partial charge in [-0.15, -0.1) is 0 Å². The van der Waals surface area contributed by atoms with E-state index in [1.165, 1.54) is 0 Å². The van der Waals surface area contributed by atoms with Gasteiger partial charge in [0.25, 0.3) is 0 Å². The smallest absolute Gasteiger partial charge is 0.338 e. The van der Waals surface area contributed by atoms with Crippen molar-refractivity contribution in [1.82, 2.24) is 0 Å². The molecule has 0 spiro atoms. The average molecular weight is 333 g/mol. The van der Waals surface area contributed by atoms with Gasteiger partial charge in [0, 0.05) is 25.3 Å². The Kier molecular flexibility index (Phi) is 4.80. The first-order chi connectivity index (χ1) is 12.1. The summed E-state index contributed by atoms with van der Waals surface area (Å²) >= 11 is 0. The van der Waals surface area contributed by atoms with E-state index in [1.807, 2.05) is 61.5 Å². The number of hydrogen-bond donors (Lipinski definition) is 0. The molecule has 126 valence electrons. The second-order valence-electron chi connectivity index (χ2n) is 5.97. The van der Waals surface area contributed by atoms with Crippen LogP contribution >= 0.6 is 0 Å². The summed E-state index contributed by atoms with van der Waals surface area (Å²) in [6.07, 6.45) is 0. The van der Waals surface area contributed by atoms with Crippen molar-refractivity contribution in [1.29, 1.82) is 0 Å². The minimum absolute atomic E-state index is 0.214. The number of ketones is 1. The summed E-state index contributed by atoms with van der Waals surface area (Å²) in [6.45, 7) is -0.279. The van der Waals surface area contributed by atoms with Gasteiger partial charge in [0.15, 0.2) is 6.61 Å². The minimum Gasteiger partial charge on any atom is -0.454 e. The summed E-state index contributed by atoms with van der Waals surface area (Å²) in [5.41, 5.74) is 1.89. The molecule has 4 heteroatoms. The number of Topliss-reactive ketones (excluding diaryl/α,β-unsaturated/α-hetero) is 1. The Morgan fingerprint density at radius 3 is 2.44 bits per heavy atom. The quantitative estimate of drug-likeness (QED) is 0.524. The van der Waals surface area contributed by atoms with E-state index in [9.17, 15) is 9.59 Å². The number of ether oxygens (including phenoxy) is 1. The molecule has 0 heterocycles. The molecule has 0 aromatic heterocycles. The summed E-state index contributed by atoms with van der Waals surface area (Å²) in [6, 6.07) is 20.3. The van der Waals surface area contributed by atoms with E-state index in [0.717, 1.165) is 16.5 Å². The fraction of sp³-hybridized carbons (Fsp3) is 0.143. The third-order valence-corrected chi connectivity index (χ3v) is 4.02. The lowest BCUT2D eigenvalue weighted by Gasteiger charge is -2.13. The van der Waals surface area contributed by atoms with Crippen LogP contribution in [-0.4, -0.2) is 32.5 Å². The van der Waals surface area contributed by atoms with Crippen LogP contribution in [0.4, 0.5) is 5.69 Å². The number of fused-ring (bicyclic) bond motifs is 1. The fourth-order valence-corrected chi connectivity index (χ4v) is 2.67. The van der Waals surface area contributed by atoms with Gasteiger partial charge in [0.05, 0.1) is 5.56 Å². The number of rotatable bonds is 5. The lowest BCUT2D eigenvalue weighted by Crippen LogP contribution is -2.15. The van der Waals surface area contributed by atoms with Crippen molar-refractivity contribution < 1.29 is 14.3 Å². The van der Waals surface area contributed by atoms with Gasteiger partial charge in [-0.25, -0.2) is 4.79 Å². The number of esters is 1. The van der Waals surface area contributed by atoms with Crippen LogP contribution in [0.2, 0.25) is 0 Å². The number of hydrogen-bond acceptors (Lipinski definition) is 4. The van der Waals surface area contributed by atoms with E-state index < -0.39 is 5.97 Å². The van der Waals surface area contributed by atoms with Crippen LogP contribution in [-0.2, 0) is 4.74 Å². The summed E-state index contributed by atoms with van der Waals surface area (Å²) < 4.78 is 5.22. The number of carbonyl (C=O) groups excluding carboxylic acids is 2. The van der Waals surface area contributed by atoms with E-state index in [2.05, 4.69) is 0 Å². The molecule has 0 aliphatic rings. The summed E-state index contributed by atoms with van der Waals surface area (Å²) in [5.74, 6) is -0.716. The highest BCUT2D eigenvalue weighted by atomic mass is 16.5. The van der Waals surface area contributed by atoms with Crippen LogP contribution in [0.25, 0.3) is 10.8 Å². The van der Waals surface area contributed by atoms with Gasteiger partial charge in [-0.1, -0.05) is 48.5 Å². The Morgan fingerprint density at radius 1 is 0.920 bits per heavy atom. The maximum absolute atomic E-state index is 12.5. The highest BCUT2D eigenvalue weighted by molar-refractivity contribution is 6.09. The third-order valence-electron chi connectivity index (χ3n) is 4.02. The molecule has 3 aromatic rings. The van der Waals surface area contributed by atoms with Crippen LogP contribution < -0.4 is 4.90 Å². The van der Waals surface area contributed by atoms with Crippen LogP contribution in [0.15, 0.2) is 66.7 Å². The van der Waals surface area contributed by atoms with E-state index in [1.54, 1.807) is 24.3 Å². The molecular formula is C21H19NO3. The molecule has 0 bridgehead atoms. The zero-order chi connectivity index (χ0) is 17.8. The summed E-state index contributed by atoms with van der Waals surface area (Å²) in [7, 11) is 3.79. The van der Waals surface area contributed by atoms with Crippen molar-refractivity contribution in [2.75, 3.05) is 25.6 Å². The normalized spacial score (nSPS) is 10.5. The molecular weight excluding hydrogens is 314 g/mol. The molecule has 3 rings (SSSR count). The summed E-state index contributed by atoms with van der Waals surface area (Å²) in [5, 5.41) is 1.85. The molecule has 0 saturated carbocycles. The van der Waals surface area contributed by atoms with Gasteiger partial charge in [-0.3, -0.25) is 4.79 Å². The fourth-order valence-electron chi connectivity index (χ4n) is 2.67. The molecule has 0 aliphatic heterocycles. The maximum atomic E-state index is 12.5. The standard InChI is InChI=1S/C21H19NO3/c1-22(2)17-10-5-9-16(13-17)21(24)25-14-20(23)19-12-6-8-15-7-3-4-11-18(15)19/h3-13H,14H2,1-2H3. The second-order valence-corrected chi connectivity index (χ2v) is 5.97. The topological polar surface area (TPSA) is 46.6 Å². The number of nitrogens with zero attached hydrogens (tertiary/aromatic N) is 1. The lowest BCUT2D eigenvalue weighted by atomic mass is 10.0. The van der Waals surface area contributed by atoms with E-state index in [0.29, 0.717) is 11.1 Å². The molecule has 0 unspecified atom stereocenters. The molecule has 0 fully saturated rings. The molecule has 3 aromatic carbocycles. The first-order valence-electron chi connectivity index (χ1n) is 8.02. The van der Waals surface area contributed by atoms with Crippen LogP contribution in [0.1, 0.15) is 20.7 Å². The highest BCUT2D eigenvalue weighted by Gasteiger charge is 2.14. The molecule has 0 radical (unpaired) electrons. The van der Waals surface area contributed by atoms with Crippen LogP contribution in [0, 0.1) is 0 Å². The minimum atomic E-state index is -0.503. The highest BCUT2D eigenvalue weighted by Crippen LogP contribution is 2.19. The Morgan fingerprint density at radius 2 is 1.64 bits per heavy atom. The maximum Gasteiger partial charge on any atom is 0.338 e. The van der Waals surface area contributed by atoms with Crippen molar-refractivity contribution in [3.05, 3.63) is 77.9 Å². The van der Waals surface area contributed by atoms with E-state index in [4.69, 9.17) is 4.74 Å². The first kappa shape index (κ1) is 16.7. The molecule has 4 nitrogen and oxygen atoms in total. The van der Waals surface area contributed by atoms with Crippen molar-refractivity contribution in [3.8, 4) is 0 Å². The Bertz CT molecular complexity index is 926. The third kappa shape index (κ3) is 3.69. The van der Waals surface area contributed by atoms with Crippen molar-refractivity contribution in [2.24, 2.45) is 0 Å². The SMILES string of the molecule is CN(C)c1cccc(C(=O)OCC(=O)c2cccc3ccccc23)c1. The van der Waals surface area contributed by atoms with Crippen molar-refractivity contribution in [3.63, 3.8) is 0 Å². The lowest BCUT2D eigenvalue weighted by molar-refractivity contribution is 0.0475. The number of carbonyl (C=O) groups is 2. The molecule has 0 aliphatic carbocycles. The molecule has 0 saturated heterocycles. The van der Waals surface area contributed by atoms with E-state index in [-0.39, 0.29) is 12.4 Å². The van der Waals surface area contributed by atoms with Gasteiger partial charge in [0.1, 0.15) is 0 Å². The van der Waals surface area contributed by atoms with Gasteiger partial charge in [-0.2, -0.15) is 0 Å². The van der Waals surface area contributed by atoms with Crippen LogP contribution in [0.5, 0.6) is 0 Å². The Labute approximate surface area is 146 Å². The monoisotopic (exact) mass is 333 g/mol. The first-order valence-corrected chi connectivity index (χ1v) is 8.02. The van der Waals surface area contributed by atoms with Gasteiger partial charge in [0.2, 0.25) is 5.78 Å². The zero-order valence-corrected chi connectivity index (χ0v) is 14.2. The van der Waals surface area contributed by atoms with Crippen molar-refractivity contribution >= 4 is 28.2 Å². The second kappa shape index (κ2) is 7.18. The predicted octanol–water partition coefficient (Wildman–Crippen LogP) is 3.95. The molecule has 0 atom stereocenters. The molecule has 25 heavy (non-hydrogen) atoms. The van der Waals surface area contributed by atoms with Crippen molar-refractivity contribution in [2.45, 2.75) is 0 Å². The van der Waals surface area contributed by atoms with Gasteiger partial charge in [-0.05, 0) is 29.0 Å². The number of benzene rings is 3. The molecule has 0 N–H and O–H groups in total. The zero-order valence-electron chi connectivity index (χ0n) is 14.2. The molecule has 0 amide bonds. The number of anilines is 1.